The first-order valence-corrected chi connectivity index (χ1v) is 7.67. The van der Waals surface area contributed by atoms with Gasteiger partial charge in [0.2, 0.25) is 0 Å². The second-order valence-corrected chi connectivity index (χ2v) is 5.98. The van der Waals surface area contributed by atoms with Crippen LogP contribution in [0.5, 0.6) is 5.75 Å². The molecule has 114 valence electrons. The number of nitrogens with zero attached hydrogens (tertiary/aromatic N) is 1. The molecule has 1 saturated carbocycles. The lowest BCUT2D eigenvalue weighted by Gasteiger charge is -2.43. The molecule has 5 heteroatoms. The highest BCUT2D eigenvalue weighted by atomic mass is 16.5. The van der Waals surface area contributed by atoms with Crippen LogP contribution in [0.3, 0.4) is 0 Å². The molecule has 3 rings (SSSR count). The fourth-order valence-electron chi connectivity index (χ4n) is 3.45. The van der Waals surface area contributed by atoms with Gasteiger partial charge in [0.25, 0.3) is 0 Å². The molecule has 0 aromatic carbocycles. The van der Waals surface area contributed by atoms with Crippen molar-refractivity contribution in [2.75, 3.05) is 6.61 Å². The van der Waals surface area contributed by atoms with Crippen molar-refractivity contribution in [1.82, 2.24) is 4.98 Å². The molecule has 1 atom stereocenters. The van der Waals surface area contributed by atoms with Gasteiger partial charge in [-0.1, -0.05) is 19.3 Å². The summed E-state index contributed by atoms with van der Waals surface area (Å²) in [6.07, 6.45) is 9.01. The summed E-state index contributed by atoms with van der Waals surface area (Å²) in [4.78, 5) is 15.1. The molecule has 1 spiro atoms. The molecule has 1 aromatic rings. The van der Waals surface area contributed by atoms with Crippen LogP contribution in [0.2, 0.25) is 0 Å². The van der Waals surface area contributed by atoms with Gasteiger partial charge in [-0.15, -0.1) is 0 Å². The van der Waals surface area contributed by atoms with E-state index in [1.165, 1.54) is 25.5 Å². The van der Waals surface area contributed by atoms with Crippen LogP contribution in [0.4, 0.5) is 0 Å². The summed E-state index contributed by atoms with van der Waals surface area (Å²) in [5.74, 6) is -0.687. The normalized spacial score (nSPS) is 24.7. The van der Waals surface area contributed by atoms with Crippen molar-refractivity contribution >= 4 is 5.97 Å². The van der Waals surface area contributed by atoms with E-state index in [4.69, 9.17) is 9.47 Å². The zero-order valence-electron chi connectivity index (χ0n) is 12.1. The highest BCUT2D eigenvalue weighted by Gasteiger charge is 2.39. The molecule has 1 saturated heterocycles. The minimum atomic E-state index is -1.05. The number of ether oxygens (including phenoxy) is 2. The number of carboxylic acids is 1. The van der Waals surface area contributed by atoms with Gasteiger partial charge < -0.3 is 14.6 Å². The zero-order chi connectivity index (χ0) is 14.7. The van der Waals surface area contributed by atoms with Gasteiger partial charge in [0.1, 0.15) is 6.10 Å². The van der Waals surface area contributed by atoms with Crippen LogP contribution >= 0.6 is 0 Å². The Morgan fingerprint density at radius 1 is 1.38 bits per heavy atom. The monoisotopic (exact) mass is 291 g/mol. The SMILES string of the molecule is O=C(O)c1ncccc1OC1CCOC2(CCCCC2)C1. The Morgan fingerprint density at radius 2 is 2.19 bits per heavy atom. The minimum absolute atomic E-state index is 0.0123. The highest BCUT2D eigenvalue weighted by Crippen LogP contribution is 2.39. The van der Waals surface area contributed by atoms with Crippen LogP contribution in [-0.2, 0) is 4.74 Å². The second-order valence-electron chi connectivity index (χ2n) is 5.98. The minimum Gasteiger partial charge on any atom is -0.488 e. The molecule has 0 amide bonds. The molecule has 5 nitrogen and oxygen atoms in total. The van der Waals surface area contributed by atoms with Gasteiger partial charge in [0.15, 0.2) is 11.4 Å². The maximum Gasteiger partial charge on any atom is 0.358 e. The Hall–Kier alpha value is -1.62. The summed E-state index contributed by atoms with van der Waals surface area (Å²) in [6.45, 7) is 0.688. The standard InChI is InChI=1S/C16H21NO4/c18-15(19)14-13(5-4-9-17-14)21-12-6-10-20-16(11-12)7-2-1-3-8-16/h4-5,9,12H,1-3,6-8,10-11H2,(H,18,19). The van der Waals surface area contributed by atoms with E-state index >= 15 is 0 Å². The maximum absolute atomic E-state index is 11.2. The van der Waals surface area contributed by atoms with E-state index in [0.29, 0.717) is 12.4 Å². The van der Waals surface area contributed by atoms with Crippen LogP contribution in [-0.4, -0.2) is 34.4 Å². The van der Waals surface area contributed by atoms with E-state index in [1.54, 1.807) is 12.1 Å². The van der Waals surface area contributed by atoms with Crippen molar-refractivity contribution < 1.29 is 19.4 Å². The molecule has 2 heterocycles. The number of hydrogen-bond donors (Lipinski definition) is 1. The average molecular weight is 291 g/mol. The van der Waals surface area contributed by atoms with Gasteiger partial charge >= 0.3 is 5.97 Å². The Bertz CT molecular complexity index is 505. The number of carboxylic acid groups (broad SMARTS) is 1. The summed E-state index contributed by atoms with van der Waals surface area (Å²) in [5, 5.41) is 9.17. The van der Waals surface area contributed by atoms with E-state index in [2.05, 4.69) is 4.98 Å². The molecule has 2 fully saturated rings. The zero-order valence-corrected chi connectivity index (χ0v) is 12.1. The quantitative estimate of drug-likeness (QED) is 0.927. The maximum atomic E-state index is 11.2. The van der Waals surface area contributed by atoms with Crippen LogP contribution in [0, 0.1) is 0 Å². The van der Waals surface area contributed by atoms with Crippen molar-refractivity contribution in [2.24, 2.45) is 0 Å². The number of aromatic carboxylic acids is 1. The predicted molar refractivity (Wildman–Crippen MR) is 76.6 cm³/mol. The van der Waals surface area contributed by atoms with Crippen LogP contribution in [0.25, 0.3) is 0 Å². The Labute approximate surface area is 124 Å². The van der Waals surface area contributed by atoms with Gasteiger partial charge in [-0.2, -0.15) is 0 Å². The predicted octanol–water partition coefficient (Wildman–Crippen LogP) is 3.04. The lowest BCUT2D eigenvalue weighted by molar-refractivity contribution is -0.129. The van der Waals surface area contributed by atoms with Gasteiger partial charge in [-0.3, -0.25) is 0 Å². The molecule has 2 aliphatic rings. The molecule has 1 aliphatic carbocycles. The first-order chi connectivity index (χ1) is 10.2. The number of aromatic nitrogens is 1. The van der Waals surface area contributed by atoms with E-state index < -0.39 is 5.97 Å². The summed E-state index contributed by atoms with van der Waals surface area (Å²) in [5.41, 5.74) is -0.0612. The fraction of sp³-hybridized carbons (Fsp3) is 0.625. The summed E-state index contributed by atoms with van der Waals surface area (Å²) in [7, 11) is 0. The van der Waals surface area contributed by atoms with Gasteiger partial charge in [0.05, 0.1) is 12.2 Å². The third kappa shape index (κ3) is 3.18. The molecule has 1 unspecified atom stereocenters. The van der Waals surface area contributed by atoms with Crippen molar-refractivity contribution in [3.63, 3.8) is 0 Å². The average Bonchev–Trinajstić information content (AvgIpc) is 2.48. The van der Waals surface area contributed by atoms with Crippen LogP contribution in [0.1, 0.15) is 55.4 Å². The third-order valence-electron chi connectivity index (χ3n) is 4.48. The van der Waals surface area contributed by atoms with E-state index in [0.717, 1.165) is 25.7 Å². The Balaban J connectivity index is 1.71. The molecule has 0 bridgehead atoms. The third-order valence-corrected chi connectivity index (χ3v) is 4.48. The van der Waals surface area contributed by atoms with E-state index in [9.17, 15) is 9.90 Å². The molecule has 1 N–H and O–H groups in total. The largest absolute Gasteiger partial charge is 0.488 e. The molecule has 21 heavy (non-hydrogen) atoms. The lowest BCUT2D eigenvalue weighted by atomic mass is 9.79. The van der Waals surface area contributed by atoms with Gasteiger partial charge in [-0.05, 0) is 25.0 Å². The molecule has 0 radical (unpaired) electrons. The lowest BCUT2D eigenvalue weighted by Crippen LogP contribution is -2.45. The molecular weight excluding hydrogens is 270 g/mol. The van der Waals surface area contributed by atoms with Crippen LogP contribution < -0.4 is 4.74 Å². The second kappa shape index (κ2) is 6.02. The highest BCUT2D eigenvalue weighted by molar-refractivity contribution is 5.88. The molecular formula is C16H21NO4. The van der Waals surface area contributed by atoms with Crippen molar-refractivity contribution in [1.29, 1.82) is 0 Å². The summed E-state index contributed by atoms with van der Waals surface area (Å²) in [6, 6.07) is 3.39. The molecule has 1 aliphatic heterocycles. The topological polar surface area (TPSA) is 68.7 Å². The van der Waals surface area contributed by atoms with Crippen LogP contribution in [0.15, 0.2) is 18.3 Å². The smallest absolute Gasteiger partial charge is 0.358 e. The fourth-order valence-corrected chi connectivity index (χ4v) is 3.45. The Kier molecular flexibility index (Phi) is 4.10. The number of pyridine rings is 1. The summed E-state index contributed by atoms with van der Waals surface area (Å²) < 4.78 is 12.0. The van der Waals surface area contributed by atoms with Crippen molar-refractivity contribution in [3.05, 3.63) is 24.0 Å². The van der Waals surface area contributed by atoms with Crippen molar-refractivity contribution in [3.8, 4) is 5.75 Å². The van der Waals surface area contributed by atoms with Gasteiger partial charge in [-0.25, -0.2) is 9.78 Å². The molecule has 1 aromatic heterocycles. The number of carbonyl (C=O) groups is 1. The summed E-state index contributed by atoms with van der Waals surface area (Å²) >= 11 is 0. The first-order valence-electron chi connectivity index (χ1n) is 7.67. The number of hydrogen-bond acceptors (Lipinski definition) is 4. The van der Waals surface area contributed by atoms with Crippen molar-refractivity contribution in [2.45, 2.75) is 56.7 Å². The Morgan fingerprint density at radius 3 is 2.95 bits per heavy atom. The van der Waals surface area contributed by atoms with E-state index in [1.807, 2.05) is 0 Å². The number of rotatable bonds is 3. The van der Waals surface area contributed by atoms with Gasteiger partial charge in [0, 0.05) is 19.0 Å². The first kappa shape index (κ1) is 14.3. The van der Waals surface area contributed by atoms with E-state index in [-0.39, 0.29) is 17.4 Å².